The summed E-state index contributed by atoms with van der Waals surface area (Å²) < 4.78 is 0. The zero-order valence-corrected chi connectivity index (χ0v) is 16.5. The molecule has 1 amide bonds. The van der Waals surface area contributed by atoms with E-state index in [-0.39, 0.29) is 17.2 Å². The molecule has 2 rings (SSSR count). The van der Waals surface area contributed by atoms with E-state index in [4.69, 9.17) is 0 Å². The third kappa shape index (κ3) is 6.01. The molecule has 0 radical (unpaired) electrons. The molecule has 0 saturated carbocycles. The first-order chi connectivity index (χ1) is 11.2. The fourth-order valence-corrected chi connectivity index (χ4v) is 4.28. The van der Waals surface area contributed by atoms with Crippen molar-refractivity contribution in [3.05, 3.63) is 0 Å². The van der Waals surface area contributed by atoms with E-state index in [9.17, 15) is 4.79 Å². The van der Waals surface area contributed by atoms with E-state index in [0.29, 0.717) is 5.41 Å². The Balaban J connectivity index is 1.70. The molecule has 2 fully saturated rings. The standard InChI is InChI=1S/C19H38N4O/c1-18(2,14-22(4)5)12-21-17(24)16-6-10-23(11-7-16)15-19(3)8-9-20-13-19/h16,20H,6-15H2,1-5H3,(H,21,24). The lowest BCUT2D eigenvalue weighted by Gasteiger charge is -2.37. The monoisotopic (exact) mass is 338 g/mol. The fraction of sp³-hybridized carbons (Fsp3) is 0.947. The molecular weight excluding hydrogens is 300 g/mol. The summed E-state index contributed by atoms with van der Waals surface area (Å²) in [6.45, 7) is 14.1. The lowest BCUT2D eigenvalue weighted by molar-refractivity contribution is -0.127. The van der Waals surface area contributed by atoms with Gasteiger partial charge in [-0.1, -0.05) is 20.8 Å². The molecular formula is C19H38N4O. The summed E-state index contributed by atoms with van der Waals surface area (Å²) in [5.74, 6) is 0.459. The predicted octanol–water partition coefficient (Wildman–Crippen LogP) is 1.40. The van der Waals surface area contributed by atoms with Crippen LogP contribution in [0.5, 0.6) is 0 Å². The van der Waals surface area contributed by atoms with Crippen molar-refractivity contribution in [3.8, 4) is 0 Å². The summed E-state index contributed by atoms with van der Waals surface area (Å²) in [5.41, 5.74) is 0.537. The molecule has 2 aliphatic rings. The third-order valence-corrected chi connectivity index (χ3v) is 5.51. The molecule has 1 unspecified atom stereocenters. The van der Waals surface area contributed by atoms with E-state index in [0.717, 1.165) is 52.1 Å². The zero-order valence-electron chi connectivity index (χ0n) is 16.5. The molecule has 2 N–H and O–H groups in total. The van der Waals surface area contributed by atoms with Crippen molar-refractivity contribution in [1.82, 2.24) is 20.4 Å². The third-order valence-electron chi connectivity index (χ3n) is 5.51. The van der Waals surface area contributed by atoms with Gasteiger partial charge in [-0.3, -0.25) is 4.79 Å². The van der Waals surface area contributed by atoms with Crippen molar-refractivity contribution in [1.29, 1.82) is 0 Å². The van der Waals surface area contributed by atoms with Crippen LogP contribution in [0, 0.1) is 16.7 Å². The summed E-state index contributed by atoms with van der Waals surface area (Å²) in [4.78, 5) is 17.2. The summed E-state index contributed by atoms with van der Waals surface area (Å²) >= 11 is 0. The van der Waals surface area contributed by atoms with E-state index >= 15 is 0 Å². The van der Waals surface area contributed by atoms with Crippen LogP contribution in [0.3, 0.4) is 0 Å². The molecule has 0 bridgehead atoms. The summed E-state index contributed by atoms with van der Waals surface area (Å²) in [7, 11) is 4.17. The number of nitrogens with one attached hydrogen (secondary N) is 2. The Kier molecular flexibility index (Phi) is 6.68. The molecule has 2 heterocycles. The molecule has 0 aromatic rings. The van der Waals surface area contributed by atoms with Crippen molar-refractivity contribution < 1.29 is 4.79 Å². The first-order valence-corrected chi connectivity index (χ1v) is 9.55. The first kappa shape index (κ1) is 19.7. The first-order valence-electron chi connectivity index (χ1n) is 9.55. The van der Waals surface area contributed by atoms with Crippen molar-refractivity contribution in [2.45, 2.75) is 40.0 Å². The number of carbonyl (C=O) groups excluding carboxylic acids is 1. The van der Waals surface area contributed by atoms with Crippen molar-refractivity contribution in [3.63, 3.8) is 0 Å². The topological polar surface area (TPSA) is 47.6 Å². The lowest BCUT2D eigenvalue weighted by atomic mass is 9.87. The van der Waals surface area contributed by atoms with Gasteiger partial charge in [0.05, 0.1) is 0 Å². The van der Waals surface area contributed by atoms with E-state index in [1.54, 1.807) is 0 Å². The van der Waals surface area contributed by atoms with Crippen molar-refractivity contribution >= 4 is 5.91 Å². The van der Waals surface area contributed by atoms with Crippen LogP contribution < -0.4 is 10.6 Å². The van der Waals surface area contributed by atoms with Crippen LogP contribution in [0.2, 0.25) is 0 Å². The van der Waals surface area contributed by atoms with Crippen LogP contribution in [0.1, 0.15) is 40.0 Å². The van der Waals surface area contributed by atoms with Gasteiger partial charge in [-0.15, -0.1) is 0 Å². The second-order valence-electron chi connectivity index (χ2n) is 9.41. The second kappa shape index (κ2) is 8.15. The Morgan fingerprint density at radius 1 is 1.33 bits per heavy atom. The van der Waals surface area contributed by atoms with Gasteiger partial charge < -0.3 is 20.4 Å². The maximum atomic E-state index is 12.5. The minimum atomic E-state index is 0.115. The number of likely N-dealkylation sites (tertiary alicyclic amines) is 1. The molecule has 5 heteroatoms. The van der Waals surface area contributed by atoms with Gasteiger partial charge in [-0.05, 0) is 63.8 Å². The van der Waals surface area contributed by atoms with Crippen molar-refractivity contribution in [2.24, 2.45) is 16.7 Å². The van der Waals surface area contributed by atoms with Gasteiger partial charge in [-0.25, -0.2) is 0 Å². The maximum Gasteiger partial charge on any atom is 0.223 e. The average molecular weight is 339 g/mol. The molecule has 0 aromatic heterocycles. The molecule has 0 aliphatic carbocycles. The SMILES string of the molecule is CN(C)CC(C)(C)CNC(=O)C1CCN(CC2(C)CCNC2)CC1. The summed E-state index contributed by atoms with van der Waals surface area (Å²) in [6, 6.07) is 0. The van der Waals surface area contributed by atoms with Crippen molar-refractivity contribution in [2.75, 3.05) is 59.9 Å². The van der Waals surface area contributed by atoms with Crippen LogP contribution in [-0.2, 0) is 4.79 Å². The Bertz CT molecular complexity index is 408. The number of nitrogens with zero attached hydrogens (tertiary/aromatic N) is 2. The molecule has 0 spiro atoms. The van der Waals surface area contributed by atoms with Crippen LogP contribution in [0.25, 0.3) is 0 Å². The number of hydrogen-bond acceptors (Lipinski definition) is 4. The van der Waals surface area contributed by atoms with Crippen LogP contribution in [-0.4, -0.2) is 75.6 Å². The highest BCUT2D eigenvalue weighted by atomic mass is 16.1. The normalized spacial score (nSPS) is 26.9. The average Bonchev–Trinajstić information content (AvgIpc) is 2.91. The predicted molar refractivity (Wildman–Crippen MR) is 100 cm³/mol. The Morgan fingerprint density at radius 3 is 2.54 bits per heavy atom. The Hall–Kier alpha value is -0.650. The Morgan fingerprint density at radius 2 is 2.00 bits per heavy atom. The minimum absolute atomic E-state index is 0.115. The fourth-order valence-electron chi connectivity index (χ4n) is 4.28. The second-order valence-corrected chi connectivity index (χ2v) is 9.41. The number of amides is 1. The maximum absolute atomic E-state index is 12.5. The summed E-state index contributed by atoms with van der Waals surface area (Å²) in [6.07, 6.45) is 3.28. The van der Waals surface area contributed by atoms with Gasteiger partial charge in [0.2, 0.25) is 5.91 Å². The zero-order chi connectivity index (χ0) is 17.8. The molecule has 2 aliphatic heterocycles. The van der Waals surface area contributed by atoms with Gasteiger partial charge in [0.15, 0.2) is 0 Å². The van der Waals surface area contributed by atoms with E-state index < -0.39 is 0 Å². The molecule has 1 atom stereocenters. The lowest BCUT2D eigenvalue weighted by Crippen LogP contribution is -2.46. The van der Waals surface area contributed by atoms with Gasteiger partial charge in [0.1, 0.15) is 0 Å². The molecule has 140 valence electrons. The van der Waals surface area contributed by atoms with Gasteiger partial charge in [-0.2, -0.15) is 0 Å². The largest absolute Gasteiger partial charge is 0.355 e. The number of rotatable bonds is 7. The summed E-state index contributed by atoms with van der Waals surface area (Å²) in [5, 5.41) is 6.68. The number of hydrogen-bond donors (Lipinski definition) is 2. The molecule has 0 aromatic carbocycles. The molecule has 24 heavy (non-hydrogen) atoms. The van der Waals surface area contributed by atoms with E-state index in [2.05, 4.69) is 55.3 Å². The number of carbonyl (C=O) groups is 1. The smallest absolute Gasteiger partial charge is 0.223 e. The minimum Gasteiger partial charge on any atom is -0.355 e. The highest BCUT2D eigenvalue weighted by Crippen LogP contribution is 2.28. The highest BCUT2D eigenvalue weighted by Gasteiger charge is 2.33. The van der Waals surface area contributed by atoms with Crippen LogP contribution >= 0.6 is 0 Å². The molecule has 5 nitrogen and oxygen atoms in total. The van der Waals surface area contributed by atoms with Gasteiger partial charge in [0, 0.05) is 32.1 Å². The van der Waals surface area contributed by atoms with Gasteiger partial charge in [0.25, 0.3) is 0 Å². The van der Waals surface area contributed by atoms with Gasteiger partial charge >= 0.3 is 0 Å². The van der Waals surface area contributed by atoms with E-state index in [1.165, 1.54) is 13.0 Å². The highest BCUT2D eigenvalue weighted by molar-refractivity contribution is 5.78. The van der Waals surface area contributed by atoms with Crippen LogP contribution in [0.4, 0.5) is 0 Å². The number of piperidine rings is 1. The molecule has 2 saturated heterocycles. The van der Waals surface area contributed by atoms with Crippen LogP contribution in [0.15, 0.2) is 0 Å². The van der Waals surface area contributed by atoms with E-state index in [1.807, 2.05) is 0 Å². The quantitative estimate of drug-likeness (QED) is 0.737. The Labute approximate surface area is 148 Å².